The molecule has 0 saturated carbocycles. The van der Waals surface area contributed by atoms with Crippen LogP contribution in [0.3, 0.4) is 0 Å². The second-order valence-electron chi connectivity index (χ2n) is 4.27. The Morgan fingerprint density at radius 1 is 1.18 bits per heavy atom. The lowest BCUT2D eigenvalue weighted by molar-refractivity contribution is 0.707. The first-order valence-corrected chi connectivity index (χ1v) is 7.66. The maximum Gasteiger partial charge on any atom is 0.0512 e. The van der Waals surface area contributed by atoms with E-state index in [0.717, 1.165) is 13.0 Å². The molecule has 1 nitrogen and oxygen atoms in total. The monoisotopic (exact) mass is 247 g/mol. The number of benzene rings is 1. The minimum atomic E-state index is 1.12. The van der Waals surface area contributed by atoms with E-state index in [1.165, 1.54) is 34.4 Å². The molecule has 1 aromatic heterocycles. The standard InChI is InChI=1S/C15H21NS/c1-3-13-7-5-8-14-9-11-16(15(13)14)10-6-12-17-4-2/h5,7-9,11H,3-4,6,10,12H2,1-2H3. The van der Waals surface area contributed by atoms with E-state index in [9.17, 15) is 0 Å². The van der Waals surface area contributed by atoms with E-state index < -0.39 is 0 Å². The molecule has 0 fully saturated rings. The Hall–Kier alpha value is -0.890. The van der Waals surface area contributed by atoms with Gasteiger partial charge in [0.15, 0.2) is 0 Å². The van der Waals surface area contributed by atoms with Crippen LogP contribution in [0.5, 0.6) is 0 Å². The van der Waals surface area contributed by atoms with Gasteiger partial charge in [-0.1, -0.05) is 32.0 Å². The number of hydrogen-bond acceptors (Lipinski definition) is 1. The van der Waals surface area contributed by atoms with Gasteiger partial charge in [-0.25, -0.2) is 0 Å². The summed E-state index contributed by atoms with van der Waals surface area (Å²) in [5.41, 5.74) is 2.91. The summed E-state index contributed by atoms with van der Waals surface area (Å²) in [6, 6.07) is 8.87. The second-order valence-corrected chi connectivity index (χ2v) is 5.66. The normalized spacial score (nSPS) is 11.2. The van der Waals surface area contributed by atoms with Crippen molar-refractivity contribution in [1.29, 1.82) is 0 Å². The van der Waals surface area contributed by atoms with Gasteiger partial charge in [-0.15, -0.1) is 0 Å². The molecule has 2 heteroatoms. The molecule has 0 aliphatic carbocycles. The highest BCUT2D eigenvalue weighted by Gasteiger charge is 2.04. The van der Waals surface area contributed by atoms with Gasteiger partial charge >= 0.3 is 0 Å². The molecule has 0 aliphatic rings. The van der Waals surface area contributed by atoms with E-state index in [-0.39, 0.29) is 0 Å². The first-order valence-electron chi connectivity index (χ1n) is 6.51. The van der Waals surface area contributed by atoms with Crippen molar-refractivity contribution in [2.24, 2.45) is 0 Å². The zero-order valence-corrected chi connectivity index (χ0v) is 11.6. The van der Waals surface area contributed by atoms with Crippen molar-refractivity contribution in [2.75, 3.05) is 11.5 Å². The molecule has 17 heavy (non-hydrogen) atoms. The van der Waals surface area contributed by atoms with Crippen molar-refractivity contribution in [2.45, 2.75) is 33.2 Å². The van der Waals surface area contributed by atoms with Crippen molar-refractivity contribution >= 4 is 22.7 Å². The first-order chi connectivity index (χ1) is 8.36. The van der Waals surface area contributed by atoms with Gasteiger partial charge in [0.05, 0.1) is 5.52 Å². The molecule has 92 valence electrons. The number of fused-ring (bicyclic) bond motifs is 1. The van der Waals surface area contributed by atoms with Crippen molar-refractivity contribution in [3.05, 3.63) is 36.0 Å². The highest BCUT2D eigenvalue weighted by Crippen LogP contribution is 2.21. The van der Waals surface area contributed by atoms with Crippen LogP contribution in [-0.2, 0) is 13.0 Å². The van der Waals surface area contributed by atoms with Crippen LogP contribution in [0.15, 0.2) is 30.5 Å². The summed E-state index contributed by atoms with van der Waals surface area (Å²) in [6.07, 6.45) is 4.62. The Bertz CT molecular complexity index is 473. The average molecular weight is 247 g/mol. The topological polar surface area (TPSA) is 4.93 Å². The molecule has 0 N–H and O–H groups in total. The van der Waals surface area contributed by atoms with Gasteiger partial charge in [0.1, 0.15) is 0 Å². The van der Waals surface area contributed by atoms with Gasteiger partial charge in [-0.2, -0.15) is 11.8 Å². The summed E-state index contributed by atoms with van der Waals surface area (Å²) < 4.78 is 2.42. The van der Waals surface area contributed by atoms with Crippen LogP contribution in [0.25, 0.3) is 10.9 Å². The molecule has 0 bridgehead atoms. The van der Waals surface area contributed by atoms with Gasteiger partial charge in [0.2, 0.25) is 0 Å². The van der Waals surface area contributed by atoms with Crippen LogP contribution in [0.1, 0.15) is 25.8 Å². The molecule has 1 heterocycles. The lowest BCUT2D eigenvalue weighted by Gasteiger charge is -2.08. The van der Waals surface area contributed by atoms with E-state index in [1.54, 1.807) is 0 Å². The third-order valence-corrected chi connectivity index (χ3v) is 4.13. The van der Waals surface area contributed by atoms with Crippen molar-refractivity contribution in [1.82, 2.24) is 4.57 Å². The van der Waals surface area contributed by atoms with Gasteiger partial charge in [0.25, 0.3) is 0 Å². The Morgan fingerprint density at radius 3 is 2.82 bits per heavy atom. The van der Waals surface area contributed by atoms with Crippen LogP contribution >= 0.6 is 11.8 Å². The molecule has 0 unspecified atom stereocenters. The minimum absolute atomic E-state index is 1.12. The average Bonchev–Trinajstić information content (AvgIpc) is 2.78. The number of para-hydroxylation sites is 1. The lowest BCUT2D eigenvalue weighted by Crippen LogP contribution is -1.99. The van der Waals surface area contributed by atoms with Gasteiger partial charge in [-0.3, -0.25) is 0 Å². The maximum atomic E-state index is 2.42. The number of thioether (sulfide) groups is 1. The van der Waals surface area contributed by atoms with Crippen LogP contribution in [0.4, 0.5) is 0 Å². The molecule has 0 radical (unpaired) electrons. The Balaban J connectivity index is 2.16. The molecule has 0 amide bonds. The van der Waals surface area contributed by atoms with Gasteiger partial charge in [0, 0.05) is 12.7 Å². The first kappa shape index (κ1) is 12.6. The van der Waals surface area contributed by atoms with Crippen LogP contribution < -0.4 is 0 Å². The van der Waals surface area contributed by atoms with E-state index >= 15 is 0 Å². The number of aromatic nitrogens is 1. The number of rotatable bonds is 6. The zero-order chi connectivity index (χ0) is 12.1. The molecule has 0 aliphatic heterocycles. The number of hydrogen-bond donors (Lipinski definition) is 0. The van der Waals surface area contributed by atoms with Crippen LogP contribution in [-0.4, -0.2) is 16.1 Å². The van der Waals surface area contributed by atoms with Crippen LogP contribution in [0, 0.1) is 0 Å². The Morgan fingerprint density at radius 2 is 2.06 bits per heavy atom. The van der Waals surface area contributed by atoms with E-state index in [2.05, 4.69) is 48.9 Å². The molecule has 1 aromatic carbocycles. The largest absolute Gasteiger partial charge is 0.347 e. The Labute approximate surface area is 108 Å². The summed E-state index contributed by atoms with van der Waals surface area (Å²) >= 11 is 2.03. The summed E-state index contributed by atoms with van der Waals surface area (Å²) in [5, 5.41) is 1.38. The second kappa shape index (κ2) is 6.15. The molecule has 0 atom stereocenters. The maximum absolute atomic E-state index is 2.42. The third kappa shape index (κ3) is 2.86. The Kier molecular flexibility index (Phi) is 4.55. The molecule has 0 spiro atoms. The minimum Gasteiger partial charge on any atom is -0.347 e. The summed E-state index contributed by atoms with van der Waals surface area (Å²) in [5.74, 6) is 2.50. The molecular formula is C15H21NS. The lowest BCUT2D eigenvalue weighted by atomic mass is 10.1. The van der Waals surface area contributed by atoms with Crippen molar-refractivity contribution in [3.63, 3.8) is 0 Å². The smallest absolute Gasteiger partial charge is 0.0512 e. The predicted molar refractivity (Wildman–Crippen MR) is 78.9 cm³/mol. The quantitative estimate of drug-likeness (QED) is 0.687. The van der Waals surface area contributed by atoms with Crippen molar-refractivity contribution < 1.29 is 0 Å². The predicted octanol–water partition coefficient (Wildman–Crippen LogP) is 4.35. The highest BCUT2D eigenvalue weighted by molar-refractivity contribution is 7.99. The molecule has 2 aromatic rings. The van der Waals surface area contributed by atoms with E-state index in [4.69, 9.17) is 0 Å². The van der Waals surface area contributed by atoms with Gasteiger partial charge < -0.3 is 4.57 Å². The van der Waals surface area contributed by atoms with Crippen molar-refractivity contribution in [3.8, 4) is 0 Å². The summed E-state index contributed by atoms with van der Waals surface area (Å²) in [6.45, 7) is 5.61. The van der Waals surface area contributed by atoms with Gasteiger partial charge in [-0.05, 0) is 41.4 Å². The number of aryl methyl sites for hydroxylation is 2. The summed E-state index contributed by atoms with van der Waals surface area (Å²) in [4.78, 5) is 0. The zero-order valence-electron chi connectivity index (χ0n) is 10.8. The SMILES string of the molecule is CCSCCCn1ccc2cccc(CC)c21. The van der Waals surface area contributed by atoms with Crippen LogP contribution in [0.2, 0.25) is 0 Å². The highest BCUT2D eigenvalue weighted by atomic mass is 32.2. The molecule has 0 saturated heterocycles. The fourth-order valence-corrected chi connectivity index (χ4v) is 2.92. The fourth-order valence-electron chi connectivity index (χ4n) is 2.29. The molecular weight excluding hydrogens is 226 g/mol. The molecule has 2 rings (SSSR count). The summed E-state index contributed by atoms with van der Waals surface area (Å²) in [7, 11) is 0. The third-order valence-electron chi connectivity index (χ3n) is 3.14. The van der Waals surface area contributed by atoms with E-state index in [1.807, 2.05) is 11.8 Å². The fraction of sp³-hybridized carbons (Fsp3) is 0.467. The van der Waals surface area contributed by atoms with E-state index in [0.29, 0.717) is 0 Å². The number of nitrogens with zero attached hydrogens (tertiary/aromatic N) is 1.